The molecule has 0 saturated carbocycles. The summed E-state index contributed by atoms with van der Waals surface area (Å²) >= 11 is 0. The Morgan fingerprint density at radius 2 is 1.67 bits per heavy atom. The Morgan fingerprint density at radius 1 is 1.00 bits per heavy atom. The van der Waals surface area contributed by atoms with Gasteiger partial charge in [0.25, 0.3) is 0 Å². The van der Waals surface area contributed by atoms with Crippen LogP contribution in [0.5, 0.6) is 0 Å². The van der Waals surface area contributed by atoms with Gasteiger partial charge in [-0.15, -0.1) is 0 Å². The van der Waals surface area contributed by atoms with Crippen LogP contribution in [0.2, 0.25) is 0 Å². The Hall–Kier alpha value is -1.71. The first-order valence-electron chi connectivity index (χ1n) is 7.56. The molecule has 21 heavy (non-hydrogen) atoms. The fourth-order valence-electron chi connectivity index (χ4n) is 2.84. The van der Waals surface area contributed by atoms with Crippen molar-refractivity contribution >= 4 is 16.6 Å². The number of likely N-dealkylation sites (N-methyl/N-ethyl adjacent to an activating group) is 1. The number of carbonyl (C=O) groups is 1. The number of fused-ring (bicyclic) bond motifs is 1. The summed E-state index contributed by atoms with van der Waals surface area (Å²) in [5.74, 6) is 0.224. The fourth-order valence-corrected chi connectivity index (χ4v) is 2.84. The van der Waals surface area contributed by atoms with E-state index in [2.05, 4.69) is 48.0 Å². The number of nitrogens with zero attached hydrogens (tertiary/aromatic N) is 2. The third-order valence-corrected chi connectivity index (χ3v) is 4.28. The SMILES string of the molecule is Cc1ccc2cc(C(=O)CN3CCN(C)CC3)ccc2c1. The van der Waals surface area contributed by atoms with Crippen molar-refractivity contribution in [2.24, 2.45) is 0 Å². The molecule has 0 bridgehead atoms. The first kappa shape index (κ1) is 14.2. The molecule has 3 heteroatoms. The van der Waals surface area contributed by atoms with Crippen LogP contribution in [0.1, 0.15) is 15.9 Å². The number of rotatable bonds is 3. The maximum absolute atomic E-state index is 12.4. The largest absolute Gasteiger partial charge is 0.304 e. The number of ketones is 1. The summed E-state index contributed by atoms with van der Waals surface area (Å²) < 4.78 is 0. The third kappa shape index (κ3) is 3.31. The van der Waals surface area contributed by atoms with Crippen LogP contribution >= 0.6 is 0 Å². The summed E-state index contributed by atoms with van der Waals surface area (Å²) in [5, 5.41) is 2.34. The zero-order valence-corrected chi connectivity index (χ0v) is 12.8. The highest BCUT2D eigenvalue weighted by Crippen LogP contribution is 2.18. The average Bonchev–Trinajstić information content (AvgIpc) is 2.49. The van der Waals surface area contributed by atoms with E-state index in [1.807, 2.05) is 12.1 Å². The molecule has 1 aliphatic heterocycles. The summed E-state index contributed by atoms with van der Waals surface area (Å²) in [6, 6.07) is 12.4. The van der Waals surface area contributed by atoms with E-state index in [4.69, 9.17) is 0 Å². The van der Waals surface area contributed by atoms with Gasteiger partial charge in [-0.2, -0.15) is 0 Å². The van der Waals surface area contributed by atoms with Gasteiger partial charge in [-0.05, 0) is 30.8 Å². The van der Waals surface area contributed by atoms with Crippen LogP contribution in [-0.4, -0.2) is 55.4 Å². The van der Waals surface area contributed by atoms with Crippen molar-refractivity contribution in [1.29, 1.82) is 0 Å². The van der Waals surface area contributed by atoms with E-state index in [1.54, 1.807) is 0 Å². The van der Waals surface area contributed by atoms with E-state index >= 15 is 0 Å². The smallest absolute Gasteiger partial charge is 0.176 e. The highest BCUT2D eigenvalue weighted by Gasteiger charge is 2.17. The standard InChI is InChI=1S/C18H22N2O/c1-14-3-4-16-12-17(6-5-15(16)11-14)18(21)13-20-9-7-19(2)8-10-20/h3-6,11-12H,7-10,13H2,1-2H3. The van der Waals surface area contributed by atoms with Crippen molar-refractivity contribution in [2.45, 2.75) is 6.92 Å². The number of hydrogen-bond donors (Lipinski definition) is 0. The van der Waals surface area contributed by atoms with Crippen molar-refractivity contribution in [1.82, 2.24) is 9.80 Å². The molecule has 0 atom stereocenters. The molecule has 3 nitrogen and oxygen atoms in total. The second-order valence-corrected chi connectivity index (χ2v) is 6.07. The molecule has 1 saturated heterocycles. The van der Waals surface area contributed by atoms with Crippen molar-refractivity contribution in [3.8, 4) is 0 Å². The van der Waals surface area contributed by atoms with Crippen LogP contribution < -0.4 is 0 Å². The lowest BCUT2D eigenvalue weighted by Gasteiger charge is -2.31. The predicted octanol–water partition coefficient (Wildman–Crippen LogP) is 2.58. The van der Waals surface area contributed by atoms with Gasteiger partial charge < -0.3 is 4.90 Å². The minimum atomic E-state index is 0.224. The molecule has 0 amide bonds. The van der Waals surface area contributed by atoms with E-state index in [0.29, 0.717) is 6.54 Å². The zero-order chi connectivity index (χ0) is 14.8. The Morgan fingerprint density at radius 3 is 2.43 bits per heavy atom. The first-order valence-corrected chi connectivity index (χ1v) is 7.56. The van der Waals surface area contributed by atoms with Crippen LogP contribution in [0.25, 0.3) is 10.8 Å². The van der Waals surface area contributed by atoms with Crippen molar-refractivity contribution in [2.75, 3.05) is 39.8 Å². The van der Waals surface area contributed by atoms with Gasteiger partial charge in [-0.25, -0.2) is 0 Å². The molecule has 2 aromatic carbocycles. The van der Waals surface area contributed by atoms with Gasteiger partial charge in [-0.3, -0.25) is 9.69 Å². The summed E-state index contributed by atoms with van der Waals surface area (Å²) in [6.45, 7) is 6.68. The van der Waals surface area contributed by atoms with Gasteiger partial charge in [0.2, 0.25) is 0 Å². The molecule has 3 rings (SSSR count). The highest BCUT2D eigenvalue weighted by molar-refractivity contribution is 6.01. The maximum atomic E-state index is 12.4. The van der Waals surface area contributed by atoms with Crippen LogP contribution in [0.4, 0.5) is 0 Å². The van der Waals surface area contributed by atoms with Gasteiger partial charge in [0.15, 0.2) is 5.78 Å². The number of carbonyl (C=O) groups excluding carboxylic acids is 1. The second kappa shape index (κ2) is 5.96. The van der Waals surface area contributed by atoms with Crippen LogP contribution in [0, 0.1) is 6.92 Å². The topological polar surface area (TPSA) is 23.6 Å². The fraction of sp³-hybridized carbons (Fsp3) is 0.389. The lowest BCUT2D eigenvalue weighted by molar-refractivity contribution is 0.0876. The van der Waals surface area contributed by atoms with E-state index in [9.17, 15) is 4.79 Å². The summed E-state index contributed by atoms with van der Waals surface area (Å²) in [4.78, 5) is 17.0. The molecule has 0 spiro atoms. The minimum absolute atomic E-state index is 0.224. The first-order chi connectivity index (χ1) is 10.1. The lowest BCUT2D eigenvalue weighted by atomic mass is 10.0. The maximum Gasteiger partial charge on any atom is 0.176 e. The molecule has 1 aliphatic rings. The number of Topliss-reactive ketones (excluding diaryl/α,β-unsaturated/α-hetero) is 1. The van der Waals surface area contributed by atoms with Gasteiger partial charge in [0.1, 0.15) is 0 Å². The van der Waals surface area contributed by atoms with Crippen LogP contribution in [-0.2, 0) is 0 Å². The van der Waals surface area contributed by atoms with E-state index in [0.717, 1.165) is 37.1 Å². The van der Waals surface area contributed by atoms with Crippen molar-refractivity contribution in [3.05, 3.63) is 47.5 Å². The number of aryl methyl sites for hydroxylation is 1. The molecule has 2 aromatic rings. The number of benzene rings is 2. The molecule has 1 heterocycles. The molecule has 110 valence electrons. The zero-order valence-electron chi connectivity index (χ0n) is 12.8. The quantitative estimate of drug-likeness (QED) is 0.808. The average molecular weight is 282 g/mol. The Labute approximate surface area is 126 Å². The molecular weight excluding hydrogens is 260 g/mol. The van der Waals surface area contributed by atoms with E-state index < -0.39 is 0 Å². The van der Waals surface area contributed by atoms with Crippen LogP contribution in [0.3, 0.4) is 0 Å². The van der Waals surface area contributed by atoms with Gasteiger partial charge in [0, 0.05) is 31.7 Å². The molecule has 0 aromatic heterocycles. The van der Waals surface area contributed by atoms with Gasteiger partial charge in [0.05, 0.1) is 6.54 Å². The molecule has 0 radical (unpaired) electrons. The minimum Gasteiger partial charge on any atom is -0.304 e. The summed E-state index contributed by atoms with van der Waals surface area (Å²) in [6.07, 6.45) is 0. The monoisotopic (exact) mass is 282 g/mol. The predicted molar refractivity (Wildman–Crippen MR) is 87.0 cm³/mol. The molecule has 0 N–H and O–H groups in total. The van der Waals surface area contributed by atoms with Crippen molar-refractivity contribution in [3.63, 3.8) is 0 Å². The van der Waals surface area contributed by atoms with E-state index in [-0.39, 0.29) is 5.78 Å². The third-order valence-electron chi connectivity index (χ3n) is 4.28. The number of hydrogen-bond acceptors (Lipinski definition) is 3. The Balaban J connectivity index is 1.74. The molecular formula is C18H22N2O. The Bertz CT molecular complexity index is 657. The van der Waals surface area contributed by atoms with Crippen molar-refractivity contribution < 1.29 is 4.79 Å². The Kier molecular flexibility index (Phi) is 4.04. The molecule has 1 fully saturated rings. The van der Waals surface area contributed by atoms with E-state index in [1.165, 1.54) is 10.9 Å². The number of piperazine rings is 1. The summed E-state index contributed by atoms with van der Waals surface area (Å²) in [5.41, 5.74) is 2.07. The van der Waals surface area contributed by atoms with Gasteiger partial charge >= 0.3 is 0 Å². The molecule has 0 unspecified atom stereocenters. The molecule has 0 aliphatic carbocycles. The normalized spacial score (nSPS) is 17.2. The second-order valence-electron chi connectivity index (χ2n) is 6.07. The summed E-state index contributed by atoms with van der Waals surface area (Å²) in [7, 11) is 2.13. The lowest BCUT2D eigenvalue weighted by Crippen LogP contribution is -2.46. The highest BCUT2D eigenvalue weighted by atomic mass is 16.1. The van der Waals surface area contributed by atoms with Crippen LogP contribution in [0.15, 0.2) is 36.4 Å². The van der Waals surface area contributed by atoms with Gasteiger partial charge in [-0.1, -0.05) is 35.9 Å².